The van der Waals surface area contributed by atoms with E-state index < -0.39 is 0 Å². The predicted octanol–water partition coefficient (Wildman–Crippen LogP) is 1.33. The van der Waals surface area contributed by atoms with E-state index in [1.807, 2.05) is 0 Å². The standard InChI is InChI=1S/C9H13N3O2S/c10-9-11-7(5-15-9)8(13)12-14-6-3-1-2-4-6/h5-6H,1-4H2,(H2,10,11)(H,12,13). The minimum absolute atomic E-state index is 0.157. The van der Waals surface area contributed by atoms with Crippen LogP contribution in [0.15, 0.2) is 5.38 Å². The summed E-state index contributed by atoms with van der Waals surface area (Å²) in [5.74, 6) is -0.324. The lowest BCUT2D eigenvalue weighted by atomic mass is 10.3. The Labute approximate surface area is 91.6 Å². The number of carbonyl (C=O) groups is 1. The fourth-order valence-corrected chi connectivity index (χ4v) is 2.13. The van der Waals surface area contributed by atoms with Gasteiger partial charge in [-0.1, -0.05) is 12.8 Å². The van der Waals surface area contributed by atoms with Crippen molar-refractivity contribution < 1.29 is 9.63 Å². The lowest BCUT2D eigenvalue weighted by Crippen LogP contribution is -2.28. The molecule has 1 amide bonds. The average Bonchev–Trinajstić information content (AvgIpc) is 2.84. The first-order valence-electron chi connectivity index (χ1n) is 4.92. The summed E-state index contributed by atoms with van der Waals surface area (Å²) in [5.41, 5.74) is 8.14. The first kappa shape index (κ1) is 10.4. The molecule has 15 heavy (non-hydrogen) atoms. The van der Waals surface area contributed by atoms with Crippen molar-refractivity contribution in [1.82, 2.24) is 10.5 Å². The van der Waals surface area contributed by atoms with Crippen LogP contribution in [0.5, 0.6) is 0 Å². The number of nitrogen functional groups attached to an aromatic ring is 1. The minimum atomic E-state index is -0.324. The van der Waals surface area contributed by atoms with E-state index in [0.29, 0.717) is 10.8 Å². The van der Waals surface area contributed by atoms with Gasteiger partial charge < -0.3 is 5.73 Å². The molecule has 5 nitrogen and oxygen atoms in total. The summed E-state index contributed by atoms with van der Waals surface area (Å²) >= 11 is 1.24. The molecule has 1 heterocycles. The number of nitrogens with two attached hydrogens (primary N) is 1. The van der Waals surface area contributed by atoms with Crippen LogP contribution in [0.25, 0.3) is 0 Å². The van der Waals surface area contributed by atoms with Gasteiger partial charge >= 0.3 is 0 Å². The SMILES string of the molecule is Nc1nc(C(=O)NOC2CCCC2)cs1. The summed E-state index contributed by atoms with van der Waals surface area (Å²) in [5, 5.41) is 2.00. The number of hydroxylamine groups is 1. The molecule has 0 atom stereocenters. The number of nitrogens with one attached hydrogen (secondary N) is 1. The van der Waals surface area contributed by atoms with Crippen LogP contribution in [0.4, 0.5) is 5.13 Å². The number of rotatable bonds is 3. The van der Waals surface area contributed by atoms with E-state index in [9.17, 15) is 4.79 Å². The number of amides is 1. The predicted molar refractivity (Wildman–Crippen MR) is 57.3 cm³/mol. The van der Waals surface area contributed by atoms with E-state index in [-0.39, 0.29) is 12.0 Å². The van der Waals surface area contributed by atoms with Crippen LogP contribution in [-0.2, 0) is 4.84 Å². The molecule has 0 unspecified atom stereocenters. The Hall–Kier alpha value is -1.14. The lowest BCUT2D eigenvalue weighted by molar-refractivity contribution is -0.0127. The molecule has 0 saturated heterocycles. The van der Waals surface area contributed by atoms with Gasteiger partial charge in [0.1, 0.15) is 5.69 Å². The molecule has 2 rings (SSSR count). The molecule has 82 valence electrons. The molecule has 1 aromatic rings. The summed E-state index contributed by atoms with van der Waals surface area (Å²) in [6, 6.07) is 0. The van der Waals surface area contributed by atoms with Crippen LogP contribution in [0, 0.1) is 0 Å². The molecule has 3 N–H and O–H groups in total. The second-order valence-electron chi connectivity index (χ2n) is 3.53. The van der Waals surface area contributed by atoms with Crippen molar-refractivity contribution in [3.8, 4) is 0 Å². The molecule has 1 aromatic heterocycles. The summed E-state index contributed by atoms with van der Waals surface area (Å²) in [7, 11) is 0. The molecule has 1 aliphatic carbocycles. The number of hydrogen-bond acceptors (Lipinski definition) is 5. The molecule has 1 aliphatic rings. The van der Waals surface area contributed by atoms with Crippen molar-refractivity contribution in [1.29, 1.82) is 0 Å². The first-order valence-corrected chi connectivity index (χ1v) is 5.80. The molecule has 0 aromatic carbocycles. The highest BCUT2D eigenvalue weighted by atomic mass is 32.1. The van der Waals surface area contributed by atoms with Crippen molar-refractivity contribution in [2.45, 2.75) is 31.8 Å². The Morgan fingerprint density at radius 3 is 2.93 bits per heavy atom. The van der Waals surface area contributed by atoms with Crippen LogP contribution in [0.1, 0.15) is 36.2 Å². The molecule has 0 spiro atoms. The molecular formula is C9H13N3O2S. The monoisotopic (exact) mass is 227 g/mol. The summed E-state index contributed by atoms with van der Waals surface area (Å²) < 4.78 is 0. The zero-order valence-electron chi connectivity index (χ0n) is 8.23. The maximum absolute atomic E-state index is 11.5. The van der Waals surface area contributed by atoms with Gasteiger partial charge in [-0.3, -0.25) is 9.63 Å². The van der Waals surface area contributed by atoms with Crippen molar-refractivity contribution in [2.24, 2.45) is 0 Å². The topological polar surface area (TPSA) is 77.2 Å². The van der Waals surface area contributed by atoms with Gasteiger partial charge in [-0.2, -0.15) is 0 Å². The quantitative estimate of drug-likeness (QED) is 0.764. The summed E-state index contributed by atoms with van der Waals surface area (Å²) in [4.78, 5) is 20.6. The maximum Gasteiger partial charge on any atom is 0.294 e. The molecule has 0 aliphatic heterocycles. The third-order valence-corrected chi connectivity index (χ3v) is 3.05. The average molecular weight is 227 g/mol. The Kier molecular flexibility index (Phi) is 3.17. The number of carbonyl (C=O) groups excluding carboxylic acids is 1. The second-order valence-corrected chi connectivity index (χ2v) is 4.42. The van der Waals surface area contributed by atoms with E-state index in [4.69, 9.17) is 10.6 Å². The highest BCUT2D eigenvalue weighted by molar-refractivity contribution is 7.13. The highest BCUT2D eigenvalue weighted by Gasteiger charge is 2.18. The smallest absolute Gasteiger partial charge is 0.294 e. The van der Waals surface area contributed by atoms with E-state index in [2.05, 4.69) is 10.5 Å². The number of aromatic nitrogens is 1. The third kappa shape index (κ3) is 2.66. The zero-order valence-corrected chi connectivity index (χ0v) is 9.05. The van der Waals surface area contributed by atoms with Crippen molar-refractivity contribution >= 4 is 22.4 Å². The van der Waals surface area contributed by atoms with E-state index in [1.54, 1.807) is 5.38 Å². The number of nitrogens with zero attached hydrogens (tertiary/aromatic N) is 1. The Bertz CT molecular complexity index is 347. The lowest BCUT2D eigenvalue weighted by Gasteiger charge is -2.09. The van der Waals surface area contributed by atoms with Gasteiger partial charge in [-0.25, -0.2) is 10.5 Å². The van der Waals surface area contributed by atoms with E-state index in [1.165, 1.54) is 24.2 Å². The van der Waals surface area contributed by atoms with Gasteiger partial charge in [0.2, 0.25) is 0 Å². The summed E-state index contributed by atoms with van der Waals surface area (Å²) in [6.07, 6.45) is 4.53. The van der Waals surface area contributed by atoms with Gasteiger partial charge in [-0.05, 0) is 12.8 Å². The van der Waals surface area contributed by atoms with Crippen molar-refractivity contribution in [2.75, 3.05) is 5.73 Å². The van der Waals surface area contributed by atoms with Gasteiger partial charge in [0, 0.05) is 5.38 Å². The molecule has 0 radical (unpaired) electrons. The van der Waals surface area contributed by atoms with Crippen molar-refractivity contribution in [3.05, 3.63) is 11.1 Å². The van der Waals surface area contributed by atoms with Crippen LogP contribution in [-0.4, -0.2) is 17.0 Å². The highest BCUT2D eigenvalue weighted by Crippen LogP contribution is 2.20. The van der Waals surface area contributed by atoms with Crippen LogP contribution >= 0.6 is 11.3 Å². The fraction of sp³-hybridized carbons (Fsp3) is 0.556. The largest absolute Gasteiger partial charge is 0.375 e. The molecule has 6 heteroatoms. The Balaban J connectivity index is 1.81. The van der Waals surface area contributed by atoms with Gasteiger partial charge in [0.15, 0.2) is 5.13 Å². The maximum atomic E-state index is 11.5. The fourth-order valence-electron chi connectivity index (χ4n) is 1.59. The Morgan fingerprint density at radius 1 is 1.60 bits per heavy atom. The second kappa shape index (κ2) is 4.59. The number of thiazole rings is 1. The zero-order chi connectivity index (χ0) is 10.7. The normalized spacial score (nSPS) is 16.8. The molecule has 1 fully saturated rings. The summed E-state index contributed by atoms with van der Waals surface area (Å²) in [6.45, 7) is 0. The van der Waals surface area contributed by atoms with Crippen LogP contribution in [0.3, 0.4) is 0 Å². The van der Waals surface area contributed by atoms with E-state index in [0.717, 1.165) is 12.8 Å². The molecular weight excluding hydrogens is 214 g/mol. The van der Waals surface area contributed by atoms with Gasteiger partial charge in [0.05, 0.1) is 6.10 Å². The van der Waals surface area contributed by atoms with E-state index >= 15 is 0 Å². The minimum Gasteiger partial charge on any atom is -0.375 e. The van der Waals surface area contributed by atoms with Crippen LogP contribution in [0.2, 0.25) is 0 Å². The number of anilines is 1. The van der Waals surface area contributed by atoms with Crippen LogP contribution < -0.4 is 11.2 Å². The molecule has 0 bridgehead atoms. The number of hydrogen-bond donors (Lipinski definition) is 2. The van der Waals surface area contributed by atoms with Gasteiger partial charge in [0.25, 0.3) is 5.91 Å². The Morgan fingerprint density at radius 2 is 2.33 bits per heavy atom. The first-order chi connectivity index (χ1) is 7.25. The molecule has 1 saturated carbocycles. The van der Waals surface area contributed by atoms with Crippen molar-refractivity contribution in [3.63, 3.8) is 0 Å². The third-order valence-electron chi connectivity index (χ3n) is 2.38. The van der Waals surface area contributed by atoms with Gasteiger partial charge in [-0.15, -0.1) is 11.3 Å².